The van der Waals surface area contributed by atoms with Gasteiger partial charge in [0.1, 0.15) is 11.9 Å². The van der Waals surface area contributed by atoms with Gasteiger partial charge in [0.05, 0.1) is 6.54 Å². The molecule has 0 spiro atoms. The number of hydrogen-bond acceptors (Lipinski definition) is 5. The van der Waals surface area contributed by atoms with Crippen LogP contribution in [0.5, 0.6) is 0 Å². The van der Waals surface area contributed by atoms with Crippen molar-refractivity contribution in [3.8, 4) is 0 Å². The Morgan fingerprint density at radius 2 is 1.91 bits per heavy atom. The number of imidazole rings is 1. The zero-order chi connectivity index (χ0) is 22.9. The number of amides is 1. The number of aromatic nitrogens is 2. The predicted octanol–water partition coefficient (Wildman–Crippen LogP) is 1.09. The van der Waals surface area contributed by atoms with Crippen LogP contribution in [0, 0.1) is 0 Å². The van der Waals surface area contributed by atoms with Crippen molar-refractivity contribution < 1.29 is 14.7 Å². The van der Waals surface area contributed by atoms with Gasteiger partial charge in [0.15, 0.2) is 5.96 Å². The van der Waals surface area contributed by atoms with E-state index < -0.39 is 17.9 Å². The Morgan fingerprint density at radius 1 is 1.12 bits per heavy atom. The summed E-state index contributed by atoms with van der Waals surface area (Å²) in [4.78, 5) is 35.6. The number of aromatic amines is 1. The summed E-state index contributed by atoms with van der Waals surface area (Å²) in [5.74, 6) is -0.757. The Labute approximate surface area is 185 Å². The first kappa shape index (κ1) is 22.8. The summed E-state index contributed by atoms with van der Waals surface area (Å²) >= 11 is 0. The van der Waals surface area contributed by atoms with E-state index >= 15 is 0 Å². The minimum atomic E-state index is -1.11. The van der Waals surface area contributed by atoms with Gasteiger partial charge in [-0.3, -0.25) is 9.79 Å². The number of nitrogens with one attached hydrogen (secondary N) is 3. The van der Waals surface area contributed by atoms with Gasteiger partial charge in [-0.05, 0) is 35.2 Å². The van der Waals surface area contributed by atoms with Crippen molar-refractivity contribution in [2.24, 2.45) is 16.5 Å². The second kappa shape index (κ2) is 10.9. The van der Waals surface area contributed by atoms with Crippen LogP contribution in [0.25, 0.3) is 10.8 Å². The monoisotopic (exact) mass is 437 g/mol. The van der Waals surface area contributed by atoms with E-state index in [9.17, 15) is 14.7 Å². The number of fused-ring (bicyclic) bond motifs is 1. The number of benzene rings is 2. The molecule has 0 saturated heterocycles. The Morgan fingerprint density at radius 3 is 2.59 bits per heavy atom. The number of carbonyl (C=O) groups is 2. The predicted molar refractivity (Wildman–Crippen MR) is 122 cm³/mol. The molecule has 32 heavy (non-hydrogen) atoms. The first-order chi connectivity index (χ1) is 15.5. The van der Waals surface area contributed by atoms with Crippen LogP contribution in [-0.4, -0.2) is 45.5 Å². The van der Waals surface area contributed by atoms with Gasteiger partial charge in [-0.2, -0.15) is 0 Å². The fourth-order valence-corrected chi connectivity index (χ4v) is 3.42. The second-order valence-corrected chi connectivity index (χ2v) is 7.27. The number of carboxylic acid groups (broad SMARTS) is 1. The lowest BCUT2D eigenvalue weighted by atomic mass is 9.98. The van der Waals surface area contributed by atoms with Gasteiger partial charge in [-0.1, -0.05) is 30.3 Å². The van der Waals surface area contributed by atoms with Crippen molar-refractivity contribution in [1.29, 1.82) is 0 Å². The van der Waals surface area contributed by atoms with Crippen molar-refractivity contribution in [1.82, 2.24) is 20.6 Å². The molecule has 1 atom stereocenters. The number of aliphatic imine (C=N–C) groups is 1. The first-order valence-electron chi connectivity index (χ1n) is 10.2. The van der Waals surface area contributed by atoms with Crippen LogP contribution in [0.4, 0.5) is 0 Å². The number of hydrogen-bond donors (Lipinski definition) is 6. The summed E-state index contributed by atoms with van der Waals surface area (Å²) in [5.41, 5.74) is 12.0. The maximum atomic E-state index is 12.9. The number of carboxylic acids is 1. The Kier molecular flexibility index (Phi) is 7.76. The quantitative estimate of drug-likeness (QED) is 0.148. The molecule has 0 aliphatic heterocycles. The minimum Gasteiger partial charge on any atom is -0.480 e. The second-order valence-electron chi connectivity index (χ2n) is 7.27. The summed E-state index contributed by atoms with van der Waals surface area (Å²) in [6.07, 6.45) is 4.11. The van der Waals surface area contributed by atoms with Gasteiger partial charge >= 0.3 is 5.97 Å². The number of nitrogens with zero attached hydrogens (tertiary/aromatic N) is 2. The van der Waals surface area contributed by atoms with E-state index in [4.69, 9.17) is 11.5 Å². The van der Waals surface area contributed by atoms with Crippen LogP contribution in [0.15, 0.2) is 53.8 Å². The van der Waals surface area contributed by atoms with Gasteiger partial charge in [0.25, 0.3) is 5.91 Å². The van der Waals surface area contributed by atoms with Crippen LogP contribution in [0.2, 0.25) is 0 Å². The third-order valence-electron chi connectivity index (χ3n) is 4.97. The van der Waals surface area contributed by atoms with E-state index in [1.165, 1.54) is 0 Å². The van der Waals surface area contributed by atoms with E-state index in [0.29, 0.717) is 31.6 Å². The number of guanidine groups is 1. The zero-order valence-electron chi connectivity index (χ0n) is 17.5. The molecule has 2 aromatic carbocycles. The smallest absolute Gasteiger partial charge is 0.326 e. The average molecular weight is 438 g/mol. The largest absolute Gasteiger partial charge is 0.480 e. The summed E-state index contributed by atoms with van der Waals surface area (Å²) in [6.45, 7) is 1.47. The molecule has 1 aromatic heterocycles. The number of H-pyrrole nitrogens is 1. The highest BCUT2D eigenvalue weighted by molar-refractivity contribution is 6.08. The molecule has 0 radical (unpaired) electrons. The molecule has 10 nitrogen and oxygen atoms in total. The van der Waals surface area contributed by atoms with Crippen LogP contribution in [0.3, 0.4) is 0 Å². The number of aliphatic carboxylic acids is 1. The molecule has 1 heterocycles. The standard InChI is InChI=1S/C22H27N7O3/c23-22(24)28-9-3-6-18(21(31)32)29-20(30)17-8-7-14(15-4-1-2-5-16(15)17)12-25-13-19-26-10-11-27-19/h1-2,4-5,7-8,10-11,18,25H,3,6,9,12-13H2,(H,26,27)(H,29,30)(H,31,32)(H4,23,24,28)/t18-/m0/s1. The fraction of sp³-hybridized carbons (Fsp3) is 0.273. The molecular formula is C22H27N7O3. The van der Waals surface area contributed by atoms with Crippen molar-refractivity contribution in [3.63, 3.8) is 0 Å². The van der Waals surface area contributed by atoms with Crippen LogP contribution in [-0.2, 0) is 17.9 Å². The lowest BCUT2D eigenvalue weighted by Crippen LogP contribution is -2.41. The molecule has 3 rings (SSSR count). The first-order valence-corrected chi connectivity index (χ1v) is 10.2. The molecule has 10 heteroatoms. The highest BCUT2D eigenvalue weighted by Gasteiger charge is 2.21. The molecular weight excluding hydrogens is 410 g/mol. The van der Waals surface area contributed by atoms with Gasteiger partial charge in [-0.15, -0.1) is 0 Å². The maximum Gasteiger partial charge on any atom is 0.326 e. The molecule has 0 unspecified atom stereocenters. The molecule has 0 aliphatic rings. The summed E-state index contributed by atoms with van der Waals surface area (Å²) in [7, 11) is 0. The molecule has 0 fully saturated rings. The SMILES string of the molecule is NC(N)=NCCC[C@H](NC(=O)c1ccc(CNCc2ncc[nH]2)c2ccccc12)C(=O)O. The molecule has 168 valence electrons. The van der Waals surface area contributed by atoms with Crippen LogP contribution in [0.1, 0.15) is 34.6 Å². The molecule has 8 N–H and O–H groups in total. The van der Waals surface area contributed by atoms with E-state index in [0.717, 1.165) is 22.2 Å². The lowest BCUT2D eigenvalue weighted by molar-refractivity contribution is -0.139. The van der Waals surface area contributed by atoms with E-state index in [1.807, 2.05) is 30.3 Å². The van der Waals surface area contributed by atoms with E-state index in [-0.39, 0.29) is 12.4 Å². The zero-order valence-corrected chi connectivity index (χ0v) is 17.5. The number of rotatable bonds is 11. The van der Waals surface area contributed by atoms with Crippen LogP contribution >= 0.6 is 0 Å². The minimum absolute atomic E-state index is 0.0499. The number of nitrogens with two attached hydrogens (primary N) is 2. The maximum absolute atomic E-state index is 12.9. The summed E-state index contributed by atoms with van der Waals surface area (Å²) < 4.78 is 0. The Balaban J connectivity index is 1.72. The van der Waals surface area contributed by atoms with E-state index in [1.54, 1.807) is 18.5 Å². The highest BCUT2D eigenvalue weighted by atomic mass is 16.4. The molecule has 3 aromatic rings. The van der Waals surface area contributed by atoms with Crippen molar-refractivity contribution >= 4 is 28.6 Å². The normalized spacial score (nSPS) is 11.8. The van der Waals surface area contributed by atoms with Crippen molar-refractivity contribution in [3.05, 3.63) is 65.7 Å². The molecule has 0 saturated carbocycles. The van der Waals surface area contributed by atoms with Gasteiger partial charge in [-0.25, -0.2) is 9.78 Å². The lowest BCUT2D eigenvalue weighted by Gasteiger charge is -2.16. The van der Waals surface area contributed by atoms with Crippen molar-refractivity contribution in [2.45, 2.75) is 32.0 Å². The van der Waals surface area contributed by atoms with Crippen molar-refractivity contribution in [2.75, 3.05) is 6.54 Å². The number of carbonyl (C=O) groups excluding carboxylic acids is 1. The molecule has 0 aliphatic carbocycles. The van der Waals surface area contributed by atoms with Gasteiger partial charge in [0, 0.05) is 31.0 Å². The fourth-order valence-electron chi connectivity index (χ4n) is 3.42. The van der Waals surface area contributed by atoms with Gasteiger partial charge < -0.3 is 32.2 Å². The average Bonchev–Trinajstić information content (AvgIpc) is 3.29. The van der Waals surface area contributed by atoms with Crippen LogP contribution < -0.4 is 22.1 Å². The molecule has 0 bridgehead atoms. The van der Waals surface area contributed by atoms with E-state index in [2.05, 4.69) is 25.6 Å². The third-order valence-corrected chi connectivity index (χ3v) is 4.97. The third kappa shape index (κ3) is 6.05. The highest BCUT2D eigenvalue weighted by Crippen LogP contribution is 2.23. The van der Waals surface area contributed by atoms with Gasteiger partial charge in [0.2, 0.25) is 0 Å². The topological polar surface area (TPSA) is 172 Å². The summed E-state index contributed by atoms with van der Waals surface area (Å²) in [5, 5.41) is 17.1. The Bertz CT molecular complexity index is 1090. The Hall–Kier alpha value is -3.92. The molecule has 1 amide bonds. The summed E-state index contributed by atoms with van der Waals surface area (Å²) in [6, 6.07) is 10.1.